The Labute approximate surface area is 178 Å². The lowest BCUT2D eigenvalue weighted by atomic mass is 9.76. The fraction of sp³-hybridized carbons (Fsp3) is 0.364. The van der Waals surface area contributed by atoms with Crippen molar-refractivity contribution in [2.24, 2.45) is 11.1 Å². The van der Waals surface area contributed by atoms with Crippen LogP contribution in [0, 0.1) is 24.0 Å². The molecule has 5 nitrogen and oxygen atoms in total. The molecule has 2 aromatic rings. The predicted molar refractivity (Wildman–Crippen MR) is 109 cm³/mol. The third-order valence-corrected chi connectivity index (χ3v) is 5.92. The Morgan fingerprint density at radius 3 is 2.47 bits per heavy atom. The van der Waals surface area contributed by atoms with E-state index in [1.54, 1.807) is 12.1 Å². The van der Waals surface area contributed by atoms with E-state index in [9.17, 15) is 18.4 Å². The first-order chi connectivity index (χ1) is 14.2. The number of hydrogen-bond donors (Lipinski definition) is 1. The molecule has 8 heteroatoms. The molecular formula is C22H23ClF2N2O3. The summed E-state index contributed by atoms with van der Waals surface area (Å²) in [5.41, 5.74) is 5.63. The topological polar surface area (TPSA) is 72.6 Å². The minimum Gasteiger partial charge on any atom is -0.493 e. The molecule has 0 aromatic heterocycles. The molecule has 3 rings (SSSR count). The number of primary amides is 1. The van der Waals surface area contributed by atoms with E-state index in [0.717, 1.165) is 17.7 Å². The highest BCUT2D eigenvalue weighted by Crippen LogP contribution is 2.36. The van der Waals surface area contributed by atoms with Gasteiger partial charge >= 0.3 is 0 Å². The van der Waals surface area contributed by atoms with E-state index in [-0.39, 0.29) is 18.6 Å². The molecule has 1 heterocycles. The molecule has 2 amide bonds. The van der Waals surface area contributed by atoms with Crippen molar-refractivity contribution in [3.05, 3.63) is 64.2 Å². The number of nitrogens with two attached hydrogens (primary N) is 1. The molecule has 1 aliphatic rings. The molecule has 1 saturated heterocycles. The second-order valence-corrected chi connectivity index (χ2v) is 8.17. The Morgan fingerprint density at radius 1 is 1.17 bits per heavy atom. The molecule has 2 aromatic carbocycles. The zero-order valence-electron chi connectivity index (χ0n) is 16.6. The lowest BCUT2D eigenvalue weighted by Gasteiger charge is -2.41. The van der Waals surface area contributed by atoms with Crippen LogP contribution in [0.25, 0.3) is 0 Å². The number of carbonyl (C=O) groups excluding carboxylic acids is 2. The first-order valence-electron chi connectivity index (χ1n) is 9.61. The van der Waals surface area contributed by atoms with Gasteiger partial charge in [0.05, 0.1) is 12.2 Å². The summed E-state index contributed by atoms with van der Waals surface area (Å²) in [4.78, 5) is 25.8. The van der Waals surface area contributed by atoms with Crippen molar-refractivity contribution in [2.75, 3.05) is 19.7 Å². The molecule has 1 aliphatic heterocycles. The van der Waals surface area contributed by atoms with Gasteiger partial charge in [0.2, 0.25) is 5.91 Å². The van der Waals surface area contributed by atoms with Crippen LogP contribution in [-0.4, -0.2) is 36.4 Å². The zero-order valence-corrected chi connectivity index (χ0v) is 17.3. The third-order valence-electron chi connectivity index (χ3n) is 5.50. The number of carbonyl (C=O) groups is 2. The SMILES string of the molecule is Cc1cc(OCC2(CC(N)=O)CCN(C(=O)c3ccc(F)cc3F)CC2)ccc1Cl. The van der Waals surface area contributed by atoms with E-state index in [1.165, 1.54) is 4.90 Å². The number of aryl methyl sites for hydroxylation is 1. The number of benzene rings is 2. The Bertz CT molecular complexity index is 959. The van der Waals surface area contributed by atoms with Crippen LogP contribution < -0.4 is 10.5 Å². The van der Waals surface area contributed by atoms with E-state index in [4.69, 9.17) is 22.1 Å². The van der Waals surface area contributed by atoms with Crippen LogP contribution in [0.2, 0.25) is 5.02 Å². The minimum atomic E-state index is -0.893. The normalized spacial score (nSPS) is 15.7. The molecule has 1 fully saturated rings. The second-order valence-electron chi connectivity index (χ2n) is 7.76. The predicted octanol–water partition coefficient (Wildman–Crippen LogP) is 4.10. The van der Waals surface area contributed by atoms with E-state index >= 15 is 0 Å². The van der Waals surface area contributed by atoms with E-state index in [2.05, 4.69) is 0 Å². The number of ether oxygens (including phenoxy) is 1. The van der Waals surface area contributed by atoms with Crippen LogP contribution in [0.15, 0.2) is 36.4 Å². The van der Waals surface area contributed by atoms with Gasteiger partial charge in [-0.2, -0.15) is 0 Å². The minimum absolute atomic E-state index is 0.118. The summed E-state index contributed by atoms with van der Waals surface area (Å²) in [7, 11) is 0. The van der Waals surface area contributed by atoms with Gasteiger partial charge in [-0.25, -0.2) is 8.78 Å². The maximum atomic E-state index is 14.0. The van der Waals surface area contributed by atoms with Crippen molar-refractivity contribution in [1.82, 2.24) is 4.90 Å². The van der Waals surface area contributed by atoms with E-state index < -0.39 is 28.9 Å². The maximum absolute atomic E-state index is 14.0. The summed E-state index contributed by atoms with van der Waals surface area (Å²) in [6, 6.07) is 8.20. The van der Waals surface area contributed by atoms with Crippen molar-refractivity contribution in [3.63, 3.8) is 0 Å². The average molecular weight is 437 g/mol. The fourth-order valence-corrected chi connectivity index (χ4v) is 3.82. The van der Waals surface area contributed by atoms with E-state index in [1.807, 2.05) is 13.0 Å². The van der Waals surface area contributed by atoms with Crippen LogP contribution >= 0.6 is 11.6 Å². The molecule has 0 radical (unpaired) electrons. The zero-order chi connectivity index (χ0) is 21.9. The summed E-state index contributed by atoms with van der Waals surface area (Å²) in [6.07, 6.45) is 1.06. The summed E-state index contributed by atoms with van der Waals surface area (Å²) < 4.78 is 33.0. The molecule has 2 N–H and O–H groups in total. The number of nitrogens with zero attached hydrogens (tertiary/aromatic N) is 1. The lowest BCUT2D eigenvalue weighted by molar-refractivity contribution is -0.121. The highest BCUT2D eigenvalue weighted by molar-refractivity contribution is 6.31. The highest BCUT2D eigenvalue weighted by Gasteiger charge is 2.38. The molecule has 0 bridgehead atoms. The molecular weight excluding hydrogens is 414 g/mol. The number of rotatable bonds is 6. The van der Waals surface area contributed by atoms with Crippen LogP contribution in [-0.2, 0) is 4.79 Å². The third kappa shape index (κ3) is 5.08. The van der Waals surface area contributed by atoms with E-state index in [0.29, 0.717) is 42.8 Å². The average Bonchev–Trinajstić information content (AvgIpc) is 2.69. The van der Waals surface area contributed by atoms with Crippen molar-refractivity contribution in [1.29, 1.82) is 0 Å². The van der Waals surface area contributed by atoms with Gasteiger partial charge in [-0.05, 0) is 55.7 Å². The molecule has 0 spiro atoms. The standard InChI is InChI=1S/C22H23ClF2N2O3/c1-14-10-16(3-5-18(14)23)30-13-22(12-20(26)28)6-8-27(9-7-22)21(29)17-4-2-15(24)11-19(17)25/h2-5,10-11H,6-9,12-13H2,1H3,(H2,26,28). The van der Waals surface area contributed by atoms with Crippen molar-refractivity contribution < 1.29 is 23.1 Å². The van der Waals surface area contributed by atoms with Gasteiger partial charge < -0.3 is 15.4 Å². The molecule has 0 saturated carbocycles. The van der Waals surface area contributed by atoms with Gasteiger partial charge in [-0.15, -0.1) is 0 Å². The van der Waals surface area contributed by atoms with Crippen LogP contribution in [0.5, 0.6) is 5.75 Å². The maximum Gasteiger partial charge on any atom is 0.256 e. The summed E-state index contributed by atoms with van der Waals surface area (Å²) in [5, 5.41) is 0.633. The summed E-state index contributed by atoms with van der Waals surface area (Å²) in [5.74, 6) is -1.95. The summed E-state index contributed by atoms with van der Waals surface area (Å²) >= 11 is 6.04. The number of likely N-dealkylation sites (tertiary alicyclic amines) is 1. The molecule has 0 aliphatic carbocycles. The lowest BCUT2D eigenvalue weighted by Crippen LogP contribution is -2.47. The van der Waals surface area contributed by atoms with Crippen LogP contribution in [0.4, 0.5) is 8.78 Å². The first kappa shape index (κ1) is 22.0. The highest BCUT2D eigenvalue weighted by atomic mass is 35.5. The van der Waals surface area contributed by atoms with Gasteiger partial charge in [-0.3, -0.25) is 9.59 Å². The molecule has 0 atom stereocenters. The number of amides is 2. The smallest absolute Gasteiger partial charge is 0.256 e. The van der Waals surface area contributed by atoms with Gasteiger partial charge in [0.15, 0.2) is 0 Å². The van der Waals surface area contributed by atoms with Gasteiger partial charge in [0.25, 0.3) is 5.91 Å². The Hall–Kier alpha value is -2.67. The van der Waals surface area contributed by atoms with Crippen molar-refractivity contribution in [3.8, 4) is 5.75 Å². The Kier molecular flexibility index (Phi) is 6.61. The largest absolute Gasteiger partial charge is 0.493 e. The number of hydrogen-bond acceptors (Lipinski definition) is 3. The molecule has 0 unspecified atom stereocenters. The van der Waals surface area contributed by atoms with Crippen molar-refractivity contribution >= 4 is 23.4 Å². The molecule has 30 heavy (non-hydrogen) atoms. The molecule has 160 valence electrons. The first-order valence-corrected chi connectivity index (χ1v) is 9.98. The Balaban J connectivity index is 1.69. The number of halogens is 3. The fourth-order valence-electron chi connectivity index (χ4n) is 3.70. The monoisotopic (exact) mass is 436 g/mol. The Morgan fingerprint density at radius 2 is 1.87 bits per heavy atom. The summed E-state index contributed by atoms with van der Waals surface area (Å²) in [6.45, 7) is 2.74. The quantitative estimate of drug-likeness (QED) is 0.740. The second kappa shape index (κ2) is 9.00. The van der Waals surface area contributed by atoms with Gasteiger partial charge in [0.1, 0.15) is 17.4 Å². The van der Waals surface area contributed by atoms with Crippen molar-refractivity contribution in [2.45, 2.75) is 26.2 Å². The van der Waals surface area contributed by atoms with Gasteiger partial charge in [-0.1, -0.05) is 11.6 Å². The van der Waals surface area contributed by atoms with Crippen LogP contribution in [0.3, 0.4) is 0 Å². The van der Waals surface area contributed by atoms with Gasteiger partial charge in [0, 0.05) is 36.0 Å². The van der Waals surface area contributed by atoms with Crippen LogP contribution in [0.1, 0.15) is 35.2 Å². The number of piperidine rings is 1.